The normalized spacial score (nSPS) is 50.6. The smallest absolute Gasteiger partial charge is 0.195 e. The molecule has 3 heterocycles. The number of fused-ring (bicyclic) bond motifs is 1. The molecule has 4 unspecified atom stereocenters. The molecule has 3 saturated heterocycles. The maximum atomic E-state index is 10.0. The summed E-state index contributed by atoms with van der Waals surface area (Å²) in [7, 11) is 0. The minimum absolute atomic E-state index is 0.0522. The minimum atomic E-state index is -0.786. The van der Waals surface area contributed by atoms with Crippen molar-refractivity contribution in [2.45, 2.75) is 43.4 Å². The van der Waals surface area contributed by atoms with Crippen LogP contribution in [0.2, 0.25) is 0 Å². The first-order valence-corrected chi connectivity index (χ1v) is 5.49. The summed E-state index contributed by atoms with van der Waals surface area (Å²) in [6, 6.07) is 0. The van der Waals surface area contributed by atoms with Crippen molar-refractivity contribution >= 4 is 0 Å². The van der Waals surface area contributed by atoms with Gasteiger partial charge in [0.15, 0.2) is 5.79 Å². The Kier molecular flexibility index (Phi) is 2.45. The van der Waals surface area contributed by atoms with Gasteiger partial charge in [0.05, 0.1) is 19.3 Å². The molecule has 1 N–H and O–H groups in total. The Morgan fingerprint density at radius 3 is 3.00 bits per heavy atom. The molecule has 0 saturated carbocycles. The van der Waals surface area contributed by atoms with E-state index < -0.39 is 11.9 Å². The zero-order chi connectivity index (χ0) is 10.3. The van der Waals surface area contributed by atoms with Crippen LogP contribution < -0.4 is 0 Å². The average Bonchev–Trinajstić information content (AvgIpc) is 2.70. The summed E-state index contributed by atoms with van der Waals surface area (Å²) in [6.07, 6.45) is 1.55. The van der Waals surface area contributed by atoms with E-state index in [0.717, 1.165) is 12.8 Å². The van der Waals surface area contributed by atoms with Crippen LogP contribution in [0.4, 0.5) is 0 Å². The molecule has 0 aromatic rings. The van der Waals surface area contributed by atoms with E-state index in [1.54, 1.807) is 0 Å². The van der Waals surface area contributed by atoms with Gasteiger partial charge in [-0.25, -0.2) is 0 Å². The third-order valence-electron chi connectivity index (χ3n) is 3.39. The van der Waals surface area contributed by atoms with Gasteiger partial charge in [-0.3, -0.25) is 0 Å². The Hall–Kier alpha value is -0.200. The van der Waals surface area contributed by atoms with Crippen molar-refractivity contribution in [3.05, 3.63) is 0 Å². The third-order valence-corrected chi connectivity index (χ3v) is 3.39. The largest absolute Gasteiger partial charge is 0.387 e. The predicted molar refractivity (Wildman–Crippen MR) is 49.1 cm³/mol. The van der Waals surface area contributed by atoms with Crippen molar-refractivity contribution in [1.29, 1.82) is 0 Å². The molecule has 4 atom stereocenters. The average molecular weight is 216 g/mol. The SMILES string of the molecule is OC1CC2OCOCC2OC12CCCO2. The first-order chi connectivity index (χ1) is 7.30. The summed E-state index contributed by atoms with van der Waals surface area (Å²) in [5, 5.41) is 10.0. The molecule has 3 aliphatic rings. The van der Waals surface area contributed by atoms with E-state index >= 15 is 0 Å². The number of hydrogen-bond acceptors (Lipinski definition) is 5. The van der Waals surface area contributed by atoms with Crippen LogP contribution in [0, 0.1) is 0 Å². The van der Waals surface area contributed by atoms with Crippen molar-refractivity contribution in [3.63, 3.8) is 0 Å². The summed E-state index contributed by atoms with van der Waals surface area (Å²) in [6.45, 7) is 1.49. The summed E-state index contributed by atoms with van der Waals surface area (Å²) < 4.78 is 22.0. The third kappa shape index (κ3) is 1.59. The Labute approximate surface area is 88.3 Å². The molecule has 3 aliphatic heterocycles. The highest BCUT2D eigenvalue weighted by Crippen LogP contribution is 2.39. The highest BCUT2D eigenvalue weighted by atomic mass is 16.8. The quantitative estimate of drug-likeness (QED) is 0.618. The highest BCUT2D eigenvalue weighted by Gasteiger charge is 2.52. The van der Waals surface area contributed by atoms with Gasteiger partial charge < -0.3 is 24.1 Å². The van der Waals surface area contributed by atoms with E-state index in [0.29, 0.717) is 26.4 Å². The summed E-state index contributed by atoms with van der Waals surface area (Å²) in [4.78, 5) is 0. The molecular formula is C10H16O5. The number of hydrogen-bond donors (Lipinski definition) is 1. The Morgan fingerprint density at radius 1 is 1.27 bits per heavy atom. The zero-order valence-electron chi connectivity index (χ0n) is 8.55. The van der Waals surface area contributed by atoms with Gasteiger partial charge in [-0.1, -0.05) is 0 Å². The predicted octanol–water partition coefficient (Wildman–Crippen LogP) is 0.0158. The Morgan fingerprint density at radius 2 is 2.20 bits per heavy atom. The van der Waals surface area contributed by atoms with Crippen molar-refractivity contribution in [3.8, 4) is 0 Å². The number of aliphatic hydroxyl groups excluding tert-OH is 1. The van der Waals surface area contributed by atoms with Gasteiger partial charge in [0.1, 0.15) is 19.0 Å². The molecule has 0 aromatic heterocycles. The van der Waals surface area contributed by atoms with E-state index in [2.05, 4.69) is 0 Å². The van der Waals surface area contributed by atoms with Gasteiger partial charge in [-0.15, -0.1) is 0 Å². The minimum Gasteiger partial charge on any atom is -0.387 e. The molecule has 15 heavy (non-hydrogen) atoms. The molecule has 3 fully saturated rings. The van der Waals surface area contributed by atoms with E-state index in [1.165, 1.54) is 0 Å². The molecular weight excluding hydrogens is 200 g/mol. The second-order valence-electron chi connectivity index (χ2n) is 4.37. The molecule has 0 aromatic carbocycles. The van der Waals surface area contributed by atoms with Gasteiger partial charge in [0.25, 0.3) is 0 Å². The van der Waals surface area contributed by atoms with Crippen LogP contribution in [0.3, 0.4) is 0 Å². The molecule has 0 bridgehead atoms. The maximum absolute atomic E-state index is 10.0. The van der Waals surface area contributed by atoms with Gasteiger partial charge in [-0.05, 0) is 6.42 Å². The van der Waals surface area contributed by atoms with Crippen molar-refractivity contribution < 1.29 is 24.1 Å². The molecule has 1 spiro atoms. The van der Waals surface area contributed by atoms with Crippen LogP contribution in [-0.2, 0) is 18.9 Å². The summed E-state index contributed by atoms with van der Waals surface area (Å²) >= 11 is 0. The highest BCUT2D eigenvalue weighted by molar-refractivity contribution is 4.94. The molecule has 0 radical (unpaired) electrons. The van der Waals surface area contributed by atoms with Crippen LogP contribution >= 0.6 is 0 Å². The molecule has 0 aliphatic carbocycles. The van der Waals surface area contributed by atoms with E-state index in [4.69, 9.17) is 18.9 Å². The lowest BCUT2D eigenvalue weighted by Crippen LogP contribution is -2.59. The summed E-state index contributed by atoms with van der Waals surface area (Å²) in [5.74, 6) is -0.786. The second-order valence-corrected chi connectivity index (χ2v) is 4.37. The Bertz CT molecular complexity index is 238. The molecule has 5 nitrogen and oxygen atoms in total. The zero-order valence-corrected chi connectivity index (χ0v) is 8.55. The van der Waals surface area contributed by atoms with Crippen molar-refractivity contribution in [2.75, 3.05) is 20.0 Å². The van der Waals surface area contributed by atoms with Crippen LogP contribution in [0.5, 0.6) is 0 Å². The number of aliphatic hydroxyl groups is 1. The lowest BCUT2D eigenvalue weighted by Gasteiger charge is -2.46. The maximum Gasteiger partial charge on any atom is 0.195 e. The monoisotopic (exact) mass is 216 g/mol. The molecule has 0 amide bonds. The van der Waals surface area contributed by atoms with Crippen molar-refractivity contribution in [1.82, 2.24) is 0 Å². The van der Waals surface area contributed by atoms with Crippen molar-refractivity contribution in [2.24, 2.45) is 0 Å². The van der Waals surface area contributed by atoms with Gasteiger partial charge in [0, 0.05) is 12.8 Å². The van der Waals surface area contributed by atoms with E-state index in [9.17, 15) is 5.11 Å². The lowest BCUT2D eigenvalue weighted by atomic mass is 9.93. The van der Waals surface area contributed by atoms with Gasteiger partial charge in [0.2, 0.25) is 0 Å². The fourth-order valence-corrected chi connectivity index (χ4v) is 2.57. The first-order valence-electron chi connectivity index (χ1n) is 5.49. The topological polar surface area (TPSA) is 57.2 Å². The number of ether oxygens (including phenoxy) is 4. The van der Waals surface area contributed by atoms with Crippen LogP contribution in [-0.4, -0.2) is 49.2 Å². The van der Waals surface area contributed by atoms with E-state index in [-0.39, 0.29) is 12.2 Å². The Balaban J connectivity index is 1.76. The van der Waals surface area contributed by atoms with Crippen LogP contribution in [0.25, 0.3) is 0 Å². The van der Waals surface area contributed by atoms with Crippen LogP contribution in [0.1, 0.15) is 19.3 Å². The standard InChI is InChI=1S/C10H16O5/c11-9-4-7-8(5-12-6-13-7)15-10(9)2-1-3-14-10/h7-9,11H,1-6H2. The van der Waals surface area contributed by atoms with Crippen LogP contribution in [0.15, 0.2) is 0 Å². The molecule has 3 rings (SSSR count). The molecule has 86 valence electrons. The number of rotatable bonds is 0. The van der Waals surface area contributed by atoms with E-state index in [1.807, 2.05) is 0 Å². The fraction of sp³-hybridized carbons (Fsp3) is 1.00. The second kappa shape index (κ2) is 3.68. The first kappa shape index (κ1) is 9.99. The fourth-order valence-electron chi connectivity index (χ4n) is 2.57. The van der Waals surface area contributed by atoms with Gasteiger partial charge in [-0.2, -0.15) is 0 Å². The van der Waals surface area contributed by atoms with Gasteiger partial charge >= 0.3 is 0 Å². The summed E-state index contributed by atoms with van der Waals surface area (Å²) in [5.41, 5.74) is 0. The lowest BCUT2D eigenvalue weighted by molar-refractivity contribution is -0.352. The molecule has 5 heteroatoms.